The standard InChI is InChI=1S/C13H18ClN3O/c1-17(8-13(15)18)12-5-2-9(6-11(12)14)7-16-10-3-4-10/h2,5-6,10,16H,3-4,7-8H2,1H3,(H2,15,18). The predicted molar refractivity (Wildman–Crippen MR) is 73.8 cm³/mol. The molecule has 0 unspecified atom stereocenters. The highest BCUT2D eigenvalue weighted by molar-refractivity contribution is 6.33. The molecule has 1 aliphatic rings. The van der Waals surface area contributed by atoms with Crippen LogP contribution in [0.3, 0.4) is 0 Å². The summed E-state index contributed by atoms with van der Waals surface area (Å²) in [6.07, 6.45) is 2.54. The fourth-order valence-electron chi connectivity index (χ4n) is 1.84. The lowest BCUT2D eigenvalue weighted by molar-refractivity contribution is -0.116. The molecule has 0 radical (unpaired) electrons. The molecule has 1 fully saturated rings. The predicted octanol–water partition coefficient (Wildman–Crippen LogP) is 1.51. The van der Waals surface area contributed by atoms with Crippen molar-refractivity contribution in [1.82, 2.24) is 5.32 Å². The molecule has 1 aromatic rings. The van der Waals surface area contributed by atoms with Gasteiger partial charge in [0.05, 0.1) is 17.3 Å². The second-order valence-corrected chi connectivity index (χ2v) is 5.17. The van der Waals surface area contributed by atoms with Crippen LogP contribution in [0.1, 0.15) is 18.4 Å². The highest BCUT2D eigenvalue weighted by atomic mass is 35.5. The number of nitrogens with zero attached hydrogens (tertiary/aromatic N) is 1. The molecular weight excluding hydrogens is 250 g/mol. The Morgan fingerprint density at radius 1 is 1.56 bits per heavy atom. The Morgan fingerprint density at radius 3 is 2.83 bits per heavy atom. The number of hydrogen-bond acceptors (Lipinski definition) is 3. The van der Waals surface area contributed by atoms with Crippen molar-refractivity contribution in [3.05, 3.63) is 28.8 Å². The number of likely N-dealkylation sites (N-methyl/N-ethyl adjacent to an activating group) is 1. The number of hydrogen-bond donors (Lipinski definition) is 2. The Labute approximate surface area is 112 Å². The van der Waals surface area contributed by atoms with Crippen molar-refractivity contribution in [3.63, 3.8) is 0 Å². The van der Waals surface area contributed by atoms with Gasteiger partial charge in [0.1, 0.15) is 0 Å². The van der Waals surface area contributed by atoms with E-state index in [4.69, 9.17) is 17.3 Å². The molecule has 0 aromatic heterocycles. The van der Waals surface area contributed by atoms with Gasteiger partial charge in [0, 0.05) is 19.6 Å². The van der Waals surface area contributed by atoms with Crippen molar-refractivity contribution < 1.29 is 4.79 Å². The molecule has 1 aliphatic carbocycles. The van der Waals surface area contributed by atoms with E-state index in [1.54, 1.807) is 11.9 Å². The third-order valence-electron chi connectivity index (χ3n) is 2.99. The van der Waals surface area contributed by atoms with Gasteiger partial charge in [0.2, 0.25) is 5.91 Å². The summed E-state index contributed by atoms with van der Waals surface area (Å²) in [6, 6.07) is 6.56. The summed E-state index contributed by atoms with van der Waals surface area (Å²) in [6.45, 7) is 1.00. The molecule has 0 bridgehead atoms. The first-order valence-corrected chi connectivity index (χ1v) is 6.45. The molecule has 0 spiro atoms. The zero-order valence-corrected chi connectivity index (χ0v) is 11.2. The number of carbonyl (C=O) groups is 1. The Morgan fingerprint density at radius 2 is 2.28 bits per heavy atom. The minimum Gasteiger partial charge on any atom is -0.368 e. The average molecular weight is 268 g/mol. The Bertz CT molecular complexity index is 446. The van der Waals surface area contributed by atoms with Crippen LogP contribution in [0.5, 0.6) is 0 Å². The number of rotatable bonds is 6. The first-order chi connectivity index (χ1) is 8.56. The number of nitrogens with two attached hydrogens (primary N) is 1. The maximum absolute atomic E-state index is 10.9. The number of nitrogens with one attached hydrogen (secondary N) is 1. The van der Waals surface area contributed by atoms with Crippen molar-refractivity contribution in [3.8, 4) is 0 Å². The third-order valence-corrected chi connectivity index (χ3v) is 3.29. The van der Waals surface area contributed by atoms with Crippen LogP contribution in [0.25, 0.3) is 0 Å². The highest BCUT2D eigenvalue weighted by Crippen LogP contribution is 2.26. The zero-order chi connectivity index (χ0) is 13.1. The van der Waals surface area contributed by atoms with E-state index < -0.39 is 0 Å². The van der Waals surface area contributed by atoms with Crippen LogP contribution in [-0.4, -0.2) is 25.5 Å². The topological polar surface area (TPSA) is 58.4 Å². The maximum atomic E-state index is 10.9. The van der Waals surface area contributed by atoms with Gasteiger partial charge in [0.15, 0.2) is 0 Å². The molecule has 1 aromatic carbocycles. The van der Waals surface area contributed by atoms with Gasteiger partial charge in [-0.15, -0.1) is 0 Å². The second kappa shape index (κ2) is 5.59. The van der Waals surface area contributed by atoms with Gasteiger partial charge >= 0.3 is 0 Å². The van der Waals surface area contributed by atoms with E-state index in [1.807, 2.05) is 18.2 Å². The zero-order valence-electron chi connectivity index (χ0n) is 10.4. The summed E-state index contributed by atoms with van der Waals surface area (Å²) >= 11 is 6.22. The van der Waals surface area contributed by atoms with Gasteiger partial charge in [-0.1, -0.05) is 17.7 Å². The van der Waals surface area contributed by atoms with Crippen LogP contribution < -0.4 is 16.0 Å². The Balaban J connectivity index is 2.01. The van der Waals surface area contributed by atoms with Crippen LogP contribution in [0.2, 0.25) is 5.02 Å². The van der Waals surface area contributed by atoms with Crippen LogP contribution in [0.4, 0.5) is 5.69 Å². The van der Waals surface area contributed by atoms with Gasteiger partial charge in [-0.25, -0.2) is 0 Å². The Hall–Kier alpha value is -1.26. The fourth-order valence-corrected chi connectivity index (χ4v) is 2.19. The summed E-state index contributed by atoms with van der Waals surface area (Å²) in [5.41, 5.74) is 7.15. The van der Waals surface area contributed by atoms with Crippen molar-refractivity contribution in [1.29, 1.82) is 0 Å². The minimum atomic E-state index is -0.368. The number of primary amides is 1. The Kier molecular flexibility index (Phi) is 4.09. The molecule has 0 heterocycles. The van der Waals surface area contributed by atoms with Gasteiger partial charge in [0.25, 0.3) is 0 Å². The lowest BCUT2D eigenvalue weighted by Gasteiger charge is -2.19. The van der Waals surface area contributed by atoms with Crippen molar-refractivity contribution in [2.45, 2.75) is 25.4 Å². The SMILES string of the molecule is CN(CC(N)=O)c1ccc(CNC2CC2)cc1Cl. The monoisotopic (exact) mass is 267 g/mol. The van der Waals surface area contributed by atoms with Crippen LogP contribution in [0.15, 0.2) is 18.2 Å². The number of halogens is 1. The number of carbonyl (C=O) groups excluding carboxylic acids is 1. The molecule has 98 valence electrons. The molecular formula is C13H18ClN3O. The van der Waals surface area contributed by atoms with Crippen LogP contribution >= 0.6 is 11.6 Å². The smallest absolute Gasteiger partial charge is 0.236 e. The summed E-state index contributed by atoms with van der Waals surface area (Å²) in [7, 11) is 1.80. The lowest BCUT2D eigenvalue weighted by atomic mass is 10.2. The minimum absolute atomic E-state index is 0.166. The van der Waals surface area contributed by atoms with Gasteiger partial charge in [-0.2, -0.15) is 0 Å². The average Bonchev–Trinajstić information content (AvgIpc) is 3.09. The molecule has 5 heteroatoms. The number of anilines is 1. The number of benzene rings is 1. The quantitative estimate of drug-likeness (QED) is 0.822. The maximum Gasteiger partial charge on any atom is 0.236 e. The van der Waals surface area contributed by atoms with Crippen LogP contribution in [-0.2, 0) is 11.3 Å². The molecule has 1 saturated carbocycles. The number of amides is 1. The molecule has 18 heavy (non-hydrogen) atoms. The normalized spacial score (nSPS) is 14.6. The molecule has 0 saturated heterocycles. The largest absolute Gasteiger partial charge is 0.368 e. The summed E-state index contributed by atoms with van der Waals surface area (Å²) in [5, 5.41) is 4.08. The van der Waals surface area contributed by atoms with E-state index in [1.165, 1.54) is 12.8 Å². The van der Waals surface area contributed by atoms with E-state index in [0.717, 1.165) is 17.8 Å². The molecule has 2 rings (SSSR count). The molecule has 0 atom stereocenters. The van der Waals surface area contributed by atoms with E-state index in [2.05, 4.69) is 5.32 Å². The van der Waals surface area contributed by atoms with Crippen molar-refractivity contribution >= 4 is 23.2 Å². The third kappa shape index (κ3) is 3.62. The molecule has 0 aliphatic heterocycles. The molecule has 1 amide bonds. The van der Waals surface area contributed by atoms with Crippen molar-refractivity contribution in [2.75, 3.05) is 18.5 Å². The summed E-state index contributed by atoms with van der Waals surface area (Å²) in [5.74, 6) is -0.368. The molecule has 4 nitrogen and oxygen atoms in total. The first-order valence-electron chi connectivity index (χ1n) is 6.07. The lowest BCUT2D eigenvalue weighted by Crippen LogP contribution is -2.30. The van der Waals surface area contributed by atoms with Gasteiger partial charge < -0.3 is 16.0 Å². The van der Waals surface area contributed by atoms with E-state index >= 15 is 0 Å². The second-order valence-electron chi connectivity index (χ2n) is 4.76. The van der Waals surface area contributed by atoms with E-state index in [0.29, 0.717) is 11.1 Å². The molecule has 3 N–H and O–H groups in total. The summed E-state index contributed by atoms with van der Waals surface area (Å²) in [4.78, 5) is 12.6. The van der Waals surface area contributed by atoms with Crippen LogP contribution in [0, 0.1) is 0 Å². The van der Waals surface area contributed by atoms with E-state index in [-0.39, 0.29) is 12.5 Å². The van der Waals surface area contributed by atoms with Gasteiger partial charge in [-0.3, -0.25) is 4.79 Å². The van der Waals surface area contributed by atoms with Crippen molar-refractivity contribution in [2.24, 2.45) is 5.73 Å². The fraction of sp³-hybridized carbons (Fsp3) is 0.462. The highest BCUT2D eigenvalue weighted by Gasteiger charge is 2.20. The van der Waals surface area contributed by atoms with Gasteiger partial charge in [-0.05, 0) is 30.5 Å². The van der Waals surface area contributed by atoms with E-state index in [9.17, 15) is 4.79 Å². The summed E-state index contributed by atoms with van der Waals surface area (Å²) < 4.78 is 0. The first kappa shape index (κ1) is 13.2.